The first-order valence-corrected chi connectivity index (χ1v) is 9.30. The Morgan fingerprint density at radius 1 is 0.913 bits per heavy atom. The molecule has 0 fully saturated rings. The molecule has 1 N–H and O–H groups in total. The van der Waals surface area contributed by atoms with Gasteiger partial charge in [-0.15, -0.1) is 0 Å². The van der Waals surface area contributed by atoms with E-state index in [1.54, 1.807) is 17.8 Å². The fourth-order valence-electron chi connectivity index (χ4n) is 2.36. The van der Waals surface area contributed by atoms with Gasteiger partial charge in [-0.3, -0.25) is 0 Å². The third kappa shape index (κ3) is 6.57. The maximum atomic E-state index is 10.2. The molecular formula is C20H26O2S. The van der Waals surface area contributed by atoms with Gasteiger partial charge in [0.25, 0.3) is 0 Å². The van der Waals surface area contributed by atoms with Gasteiger partial charge in [-0.1, -0.05) is 69.0 Å². The van der Waals surface area contributed by atoms with Crippen molar-refractivity contribution in [1.29, 1.82) is 0 Å². The van der Waals surface area contributed by atoms with E-state index in [-0.39, 0.29) is 5.75 Å². The molecule has 0 aromatic heterocycles. The van der Waals surface area contributed by atoms with E-state index in [1.807, 2.05) is 42.5 Å². The second kappa shape index (κ2) is 10.2. The van der Waals surface area contributed by atoms with Crippen molar-refractivity contribution in [2.45, 2.75) is 55.2 Å². The average molecular weight is 330 g/mol. The first-order chi connectivity index (χ1) is 11.3. The lowest BCUT2D eigenvalue weighted by Gasteiger charge is -2.09. The van der Waals surface area contributed by atoms with Gasteiger partial charge in [0.1, 0.15) is 11.5 Å². The molecule has 0 bridgehead atoms. The highest BCUT2D eigenvalue weighted by Gasteiger charge is 2.05. The van der Waals surface area contributed by atoms with Crippen LogP contribution in [0.25, 0.3) is 0 Å². The van der Waals surface area contributed by atoms with Crippen molar-refractivity contribution in [1.82, 2.24) is 0 Å². The van der Waals surface area contributed by atoms with E-state index in [0.717, 1.165) is 28.6 Å². The van der Waals surface area contributed by atoms with Gasteiger partial charge in [0.05, 0.1) is 11.5 Å². The second-order valence-electron chi connectivity index (χ2n) is 5.66. The van der Waals surface area contributed by atoms with Crippen molar-refractivity contribution in [2.75, 3.05) is 6.61 Å². The van der Waals surface area contributed by atoms with Crippen molar-refractivity contribution in [3.63, 3.8) is 0 Å². The van der Waals surface area contributed by atoms with Crippen LogP contribution in [-0.4, -0.2) is 11.7 Å². The number of rotatable bonds is 10. The van der Waals surface area contributed by atoms with Crippen LogP contribution in [0, 0.1) is 0 Å². The number of ether oxygens (including phenoxy) is 1. The van der Waals surface area contributed by atoms with Gasteiger partial charge in [0.2, 0.25) is 0 Å². The Morgan fingerprint density at radius 2 is 1.65 bits per heavy atom. The van der Waals surface area contributed by atoms with Crippen molar-refractivity contribution < 1.29 is 9.84 Å². The van der Waals surface area contributed by atoms with Gasteiger partial charge < -0.3 is 9.84 Å². The standard InChI is InChI=1S/C20H26O2S/c1-2-3-4-5-6-10-15-22-17-13-14-20(19(21)16-17)23-18-11-8-7-9-12-18/h7-9,11-14,16,21H,2-6,10,15H2,1H3. The molecule has 0 unspecified atom stereocenters. The van der Waals surface area contributed by atoms with Crippen LogP contribution >= 0.6 is 11.8 Å². The molecule has 2 aromatic carbocycles. The number of hydrogen-bond donors (Lipinski definition) is 1. The van der Waals surface area contributed by atoms with Crippen LogP contribution in [0.2, 0.25) is 0 Å². The Hall–Kier alpha value is -1.61. The van der Waals surface area contributed by atoms with E-state index in [9.17, 15) is 5.11 Å². The lowest BCUT2D eigenvalue weighted by Crippen LogP contribution is -1.97. The molecular weight excluding hydrogens is 304 g/mol. The van der Waals surface area contributed by atoms with E-state index in [2.05, 4.69) is 6.92 Å². The number of unbranched alkanes of at least 4 members (excludes halogenated alkanes) is 5. The number of benzene rings is 2. The van der Waals surface area contributed by atoms with E-state index in [1.165, 1.54) is 32.1 Å². The van der Waals surface area contributed by atoms with Crippen molar-refractivity contribution in [3.8, 4) is 11.5 Å². The molecule has 0 radical (unpaired) electrons. The zero-order valence-corrected chi connectivity index (χ0v) is 14.6. The molecule has 2 nitrogen and oxygen atoms in total. The number of phenols is 1. The number of phenolic OH excluding ortho intramolecular Hbond substituents is 1. The smallest absolute Gasteiger partial charge is 0.133 e. The molecule has 0 atom stereocenters. The summed E-state index contributed by atoms with van der Waals surface area (Å²) in [7, 11) is 0. The zero-order valence-electron chi connectivity index (χ0n) is 13.8. The summed E-state index contributed by atoms with van der Waals surface area (Å²) in [5.41, 5.74) is 0. The zero-order chi connectivity index (χ0) is 16.3. The lowest BCUT2D eigenvalue weighted by molar-refractivity contribution is 0.302. The van der Waals surface area contributed by atoms with Gasteiger partial charge in [0.15, 0.2) is 0 Å². The molecule has 3 heteroatoms. The quantitative estimate of drug-likeness (QED) is 0.520. The lowest BCUT2D eigenvalue weighted by atomic mass is 10.1. The first-order valence-electron chi connectivity index (χ1n) is 8.48. The van der Waals surface area contributed by atoms with Gasteiger partial charge in [-0.25, -0.2) is 0 Å². The van der Waals surface area contributed by atoms with Crippen molar-refractivity contribution in [2.24, 2.45) is 0 Å². The summed E-state index contributed by atoms with van der Waals surface area (Å²) < 4.78 is 5.73. The summed E-state index contributed by atoms with van der Waals surface area (Å²) in [6, 6.07) is 15.6. The Bertz CT molecular complexity index is 569. The molecule has 0 heterocycles. The number of hydrogen-bond acceptors (Lipinski definition) is 3. The first kappa shape index (κ1) is 17.7. The Morgan fingerprint density at radius 3 is 2.39 bits per heavy atom. The molecule has 0 saturated heterocycles. The van der Waals surface area contributed by atoms with E-state index >= 15 is 0 Å². The van der Waals surface area contributed by atoms with Crippen LogP contribution in [0.5, 0.6) is 11.5 Å². The van der Waals surface area contributed by atoms with Gasteiger partial charge in [-0.05, 0) is 30.7 Å². The summed E-state index contributed by atoms with van der Waals surface area (Å²) in [6.07, 6.45) is 7.51. The second-order valence-corrected chi connectivity index (χ2v) is 6.78. The minimum atomic E-state index is 0.277. The molecule has 23 heavy (non-hydrogen) atoms. The summed E-state index contributed by atoms with van der Waals surface area (Å²) in [5, 5.41) is 10.2. The van der Waals surface area contributed by atoms with Crippen LogP contribution in [0.3, 0.4) is 0 Å². The summed E-state index contributed by atoms with van der Waals surface area (Å²) in [4.78, 5) is 1.96. The van der Waals surface area contributed by atoms with Crippen LogP contribution in [0.4, 0.5) is 0 Å². The molecule has 0 saturated carbocycles. The Labute approximate surface area is 143 Å². The maximum Gasteiger partial charge on any atom is 0.133 e. The molecule has 0 amide bonds. The fraction of sp³-hybridized carbons (Fsp3) is 0.400. The minimum absolute atomic E-state index is 0.277. The highest BCUT2D eigenvalue weighted by Crippen LogP contribution is 2.36. The molecule has 2 rings (SSSR count). The van der Waals surface area contributed by atoms with Crippen LogP contribution < -0.4 is 4.74 Å². The van der Waals surface area contributed by atoms with Crippen LogP contribution in [0.1, 0.15) is 45.4 Å². The van der Waals surface area contributed by atoms with E-state index in [4.69, 9.17) is 4.74 Å². The van der Waals surface area contributed by atoms with Gasteiger partial charge in [-0.2, -0.15) is 0 Å². The SMILES string of the molecule is CCCCCCCCOc1ccc(Sc2ccccc2)c(O)c1. The monoisotopic (exact) mass is 330 g/mol. The Kier molecular flexibility index (Phi) is 7.88. The van der Waals surface area contributed by atoms with Crippen molar-refractivity contribution in [3.05, 3.63) is 48.5 Å². The van der Waals surface area contributed by atoms with Crippen LogP contribution in [0.15, 0.2) is 58.3 Å². The molecule has 2 aromatic rings. The average Bonchev–Trinajstić information content (AvgIpc) is 2.57. The summed E-state index contributed by atoms with van der Waals surface area (Å²) in [5.74, 6) is 1.02. The highest BCUT2D eigenvalue weighted by molar-refractivity contribution is 7.99. The Balaban J connectivity index is 1.76. The van der Waals surface area contributed by atoms with Gasteiger partial charge in [0, 0.05) is 11.0 Å². The van der Waals surface area contributed by atoms with Crippen molar-refractivity contribution >= 4 is 11.8 Å². The van der Waals surface area contributed by atoms with E-state index in [0.29, 0.717) is 0 Å². The van der Waals surface area contributed by atoms with E-state index < -0.39 is 0 Å². The largest absolute Gasteiger partial charge is 0.507 e. The minimum Gasteiger partial charge on any atom is -0.507 e. The highest BCUT2D eigenvalue weighted by atomic mass is 32.2. The summed E-state index contributed by atoms with van der Waals surface area (Å²) in [6.45, 7) is 2.95. The third-order valence-corrected chi connectivity index (χ3v) is 4.74. The predicted octanol–water partition coefficient (Wildman–Crippen LogP) is 6.28. The molecule has 0 aliphatic carbocycles. The fourth-order valence-corrected chi connectivity index (χ4v) is 3.21. The van der Waals surface area contributed by atoms with Crippen LogP contribution in [-0.2, 0) is 0 Å². The molecule has 0 spiro atoms. The summed E-state index contributed by atoms with van der Waals surface area (Å²) >= 11 is 1.56. The molecule has 0 aliphatic heterocycles. The molecule has 124 valence electrons. The third-order valence-electron chi connectivity index (χ3n) is 3.67. The molecule has 0 aliphatic rings. The topological polar surface area (TPSA) is 29.5 Å². The predicted molar refractivity (Wildman–Crippen MR) is 97.5 cm³/mol. The number of aromatic hydroxyl groups is 1. The van der Waals surface area contributed by atoms with Gasteiger partial charge >= 0.3 is 0 Å². The normalized spacial score (nSPS) is 10.7. The maximum absolute atomic E-state index is 10.2.